The van der Waals surface area contributed by atoms with Gasteiger partial charge in [0, 0.05) is 23.9 Å². The molecule has 1 unspecified atom stereocenters. The molecule has 0 radical (unpaired) electrons. The van der Waals surface area contributed by atoms with Gasteiger partial charge in [-0.2, -0.15) is 0 Å². The molecule has 0 saturated heterocycles. The van der Waals surface area contributed by atoms with Gasteiger partial charge in [-0.25, -0.2) is 12.7 Å². The summed E-state index contributed by atoms with van der Waals surface area (Å²) in [5, 5.41) is 0. The van der Waals surface area contributed by atoms with Crippen LogP contribution in [0.5, 0.6) is 0 Å². The fraction of sp³-hybridized carbons (Fsp3) is 0.500. The molecular formula is C12H17BrClNO2S. The summed E-state index contributed by atoms with van der Waals surface area (Å²) in [6.45, 7) is 2.21. The van der Waals surface area contributed by atoms with E-state index in [0.717, 1.165) is 10.0 Å². The van der Waals surface area contributed by atoms with E-state index in [-0.39, 0.29) is 11.7 Å². The first-order valence-corrected chi connectivity index (χ1v) is 8.53. The van der Waals surface area contributed by atoms with E-state index in [9.17, 15) is 8.42 Å². The summed E-state index contributed by atoms with van der Waals surface area (Å²) in [4.78, 5) is 0. The van der Waals surface area contributed by atoms with Gasteiger partial charge in [0.15, 0.2) is 0 Å². The van der Waals surface area contributed by atoms with Crippen LogP contribution < -0.4 is 0 Å². The Morgan fingerprint density at radius 2 is 1.89 bits per heavy atom. The van der Waals surface area contributed by atoms with Crippen LogP contribution in [0.4, 0.5) is 0 Å². The van der Waals surface area contributed by atoms with Gasteiger partial charge in [0.1, 0.15) is 0 Å². The molecule has 18 heavy (non-hydrogen) atoms. The zero-order chi connectivity index (χ0) is 13.8. The molecule has 0 aliphatic heterocycles. The largest absolute Gasteiger partial charge is 0.214 e. The van der Waals surface area contributed by atoms with Gasteiger partial charge in [-0.1, -0.05) is 35.0 Å². The van der Waals surface area contributed by atoms with Crippen LogP contribution in [-0.4, -0.2) is 31.4 Å². The summed E-state index contributed by atoms with van der Waals surface area (Å²) >= 11 is 9.00. The number of sulfonamides is 1. The average Bonchev–Trinajstić information content (AvgIpc) is 2.31. The zero-order valence-corrected chi connectivity index (χ0v) is 13.6. The molecule has 1 rings (SSSR count). The number of halogens is 2. The molecule has 0 aliphatic rings. The maximum atomic E-state index is 12.0. The van der Waals surface area contributed by atoms with E-state index >= 15 is 0 Å². The van der Waals surface area contributed by atoms with Crippen LogP contribution in [0.3, 0.4) is 0 Å². The van der Waals surface area contributed by atoms with E-state index in [4.69, 9.17) is 11.6 Å². The van der Waals surface area contributed by atoms with Gasteiger partial charge >= 0.3 is 0 Å². The normalized spacial score (nSPS) is 13.8. The molecule has 0 heterocycles. The van der Waals surface area contributed by atoms with Gasteiger partial charge < -0.3 is 0 Å². The second-order valence-corrected chi connectivity index (χ2v) is 7.77. The van der Waals surface area contributed by atoms with Crippen LogP contribution in [0.2, 0.25) is 0 Å². The third-order valence-corrected chi connectivity index (χ3v) is 5.68. The van der Waals surface area contributed by atoms with E-state index < -0.39 is 10.0 Å². The van der Waals surface area contributed by atoms with Crippen LogP contribution in [0, 0.1) is 5.92 Å². The predicted molar refractivity (Wildman–Crippen MR) is 79.3 cm³/mol. The first kappa shape index (κ1) is 16.0. The van der Waals surface area contributed by atoms with Crippen molar-refractivity contribution in [3.63, 3.8) is 0 Å². The van der Waals surface area contributed by atoms with Crippen molar-refractivity contribution in [1.82, 2.24) is 4.31 Å². The molecule has 0 bridgehead atoms. The minimum Gasteiger partial charge on any atom is -0.212 e. The highest BCUT2D eigenvalue weighted by Gasteiger charge is 2.20. The maximum absolute atomic E-state index is 12.0. The van der Waals surface area contributed by atoms with Crippen LogP contribution in [0.15, 0.2) is 28.7 Å². The molecule has 1 aromatic carbocycles. The molecule has 1 aromatic rings. The summed E-state index contributed by atoms with van der Waals surface area (Å²) in [6.07, 6.45) is 0. The van der Waals surface area contributed by atoms with Gasteiger partial charge in [0.25, 0.3) is 0 Å². The monoisotopic (exact) mass is 353 g/mol. The second-order valence-electron chi connectivity index (χ2n) is 4.42. The number of alkyl halides is 1. The van der Waals surface area contributed by atoms with Crippen molar-refractivity contribution in [2.75, 3.05) is 18.7 Å². The van der Waals surface area contributed by atoms with Crippen LogP contribution in [0.25, 0.3) is 0 Å². The zero-order valence-electron chi connectivity index (χ0n) is 10.4. The first-order valence-electron chi connectivity index (χ1n) is 5.59. The van der Waals surface area contributed by atoms with E-state index in [2.05, 4.69) is 15.9 Å². The summed E-state index contributed by atoms with van der Waals surface area (Å²) in [6, 6.07) is 7.61. The molecule has 0 aromatic heterocycles. The Labute approximate surface area is 122 Å². The summed E-state index contributed by atoms with van der Waals surface area (Å²) < 4.78 is 26.4. The van der Waals surface area contributed by atoms with Crippen molar-refractivity contribution >= 4 is 37.6 Å². The Balaban J connectivity index is 2.69. The molecule has 102 valence electrons. The molecule has 0 fully saturated rings. The molecule has 0 N–H and O–H groups in total. The molecule has 0 aliphatic carbocycles. The molecule has 0 spiro atoms. The lowest BCUT2D eigenvalue weighted by atomic mass is 10.2. The Morgan fingerprint density at radius 1 is 1.33 bits per heavy atom. The third kappa shape index (κ3) is 4.88. The first-order chi connectivity index (χ1) is 8.35. The van der Waals surface area contributed by atoms with E-state index in [1.807, 2.05) is 31.2 Å². The molecule has 0 saturated carbocycles. The van der Waals surface area contributed by atoms with Crippen molar-refractivity contribution in [1.29, 1.82) is 0 Å². The number of hydrogen-bond acceptors (Lipinski definition) is 2. The Bertz CT molecular complexity index is 475. The van der Waals surface area contributed by atoms with Crippen LogP contribution >= 0.6 is 27.5 Å². The fourth-order valence-electron chi connectivity index (χ4n) is 1.48. The minimum absolute atomic E-state index is 0.0379. The predicted octanol–water partition coefficient (Wildman–Crippen LogP) is 3.09. The SMILES string of the molecule is CC(CCl)CS(=O)(=O)N(C)Cc1ccc(Br)cc1. The number of hydrogen-bond donors (Lipinski definition) is 0. The second kappa shape index (κ2) is 6.89. The molecular weight excluding hydrogens is 338 g/mol. The summed E-state index contributed by atoms with van der Waals surface area (Å²) in [5.74, 6) is 0.401. The van der Waals surface area contributed by atoms with Gasteiger partial charge in [-0.15, -0.1) is 11.6 Å². The fourth-order valence-corrected chi connectivity index (χ4v) is 3.42. The molecule has 0 amide bonds. The van der Waals surface area contributed by atoms with E-state index in [1.165, 1.54) is 4.31 Å². The van der Waals surface area contributed by atoms with Crippen molar-refractivity contribution in [2.45, 2.75) is 13.5 Å². The highest BCUT2D eigenvalue weighted by Crippen LogP contribution is 2.14. The molecule has 3 nitrogen and oxygen atoms in total. The smallest absolute Gasteiger partial charge is 0.212 e. The average molecular weight is 355 g/mol. The lowest BCUT2D eigenvalue weighted by molar-refractivity contribution is 0.460. The van der Waals surface area contributed by atoms with Gasteiger partial charge in [0.05, 0.1) is 5.75 Å². The summed E-state index contributed by atoms with van der Waals surface area (Å²) in [7, 11) is -1.65. The Morgan fingerprint density at radius 3 is 2.39 bits per heavy atom. The third-order valence-electron chi connectivity index (χ3n) is 2.55. The van der Waals surface area contributed by atoms with Crippen LogP contribution in [0.1, 0.15) is 12.5 Å². The van der Waals surface area contributed by atoms with Gasteiger partial charge in [-0.3, -0.25) is 0 Å². The van der Waals surface area contributed by atoms with Crippen LogP contribution in [-0.2, 0) is 16.6 Å². The van der Waals surface area contributed by atoms with E-state index in [0.29, 0.717) is 12.4 Å². The topological polar surface area (TPSA) is 37.4 Å². The quantitative estimate of drug-likeness (QED) is 0.736. The number of nitrogens with zero attached hydrogens (tertiary/aromatic N) is 1. The lowest BCUT2D eigenvalue weighted by Crippen LogP contribution is -2.31. The molecule has 1 atom stereocenters. The maximum Gasteiger partial charge on any atom is 0.214 e. The van der Waals surface area contributed by atoms with E-state index in [1.54, 1.807) is 7.05 Å². The minimum atomic E-state index is -3.24. The van der Waals surface area contributed by atoms with Gasteiger partial charge in [0.2, 0.25) is 10.0 Å². The lowest BCUT2D eigenvalue weighted by Gasteiger charge is -2.19. The Hall–Kier alpha value is -0.100. The van der Waals surface area contributed by atoms with Crippen molar-refractivity contribution < 1.29 is 8.42 Å². The van der Waals surface area contributed by atoms with Crippen molar-refractivity contribution in [3.8, 4) is 0 Å². The molecule has 6 heteroatoms. The summed E-state index contributed by atoms with van der Waals surface area (Å²) in [5.41, 5.74) is 0.961. The standard InChI is InChI=1S/C12H17BrClNO2S/c1-10(7-14)9-18(16,17)15(2)8-11-3-5-12(13)6-4-11/h3-6,10H,7-9H2,1-2H3. The highest BCUT2D eigenvalue weighted by atomic mass is 79.9. The highest BCUT2D eigenvalue weighted by molar-refractivity contribution is 9.10. The van der Waals surface area contributed by atoms with Gasteiger partial charge in [-0.05, 0) is 23.6 Å². The van der Waals surface area contributed by atoms with Crippen molar-refractivity contribution in [3.05, 3.63) is 34.3 Å². The Kier molecular flexibility index (Phi) is 6.11. The van der Waals surface area contributed by atoms with Crippen molar-refractivity contribution in [2.24, 2.45) is 5.92 Å². The number of benzene rings is 1. The number of rotatable bonds is 6.